The predicted molar refractivity (Wildman–Crippen MR) is 102 cm³/mol. The van der Waals surface area contributed by atoms with Crippen LogP contribution in [0.2, 0.25) is 0 Å². The molecule has 2 atom stereocenters. The van der Waals surface area contributed by atoms with Gasteiger partial charge in [-0.05, 0) is 30.0 Å². The van der Waals surface area contributed by atoms with Crippen LogP contribution in [0, 0.1) is 6.92 Å². The molecule has 1 fully saturated rings. The summed E-state index contributed by atoms with van der Waals surface area (Å²) in [6.45, 7) is 2.14. The maximum atomic E-state index is 6.73. The lowest BCUT2D eigenvalue weighted by Crippen LogP contribution is -2.46. The number of benzene rings is 3. The Hall–Kier alpha value is -2.80. The van der Waals surface area contributed by atoms with Gasteiger partial charge in [-0.15, -0.1) is 0 Å². The van der Waals surface area contributed by atoms with Crippen LogP contribution in [-0.2, 0) is 5.60 Å². The minimum atomic E-state index is -0.342. The van der Waals surface area contributed by atoms with Crippen LogP contribution in [-0.4, -0.2) is 0 Å². The van der Waals surface area contributed by atoms with Gasteiger partial charge in [0.2, 0.25) is 0 Å². The molecule has 1 aliphatic carbocycles. The number of ether oxygens (including phenoxy) is 1. The smallest absolute Gasteiger partial charge is 0.163 e. The molecule has 0 radical (unpaired) electrons. The Kier molecular flexibility index (Phi) is 3.11. The van der Waals surface area contributed by atoms with Crippen LogP contribution in [0.4, 0.5) is 0 Å². The second-order valence-corrected chi connectivity index (χ2v) is 7.03. The molecule has 0 unspecified atom stereocenters. The van der Waals surface area contributed by atoms with Crippen molar-refractivity contribution in [2.45, 2.75) is 24.9 Å². The lowest BCUT2D eigenvalue weighted by molar-refractivity contribution is 0.0574. The molecule has 1 nitrogen and oxygen atoms in total. The third-order valence-corrected chi connectivity index (χ3v) is 5.62. The van der Waals surface area contributed by atoms with E-state index in [1.165, 1.54) is 27.8 Å². The van der Waals surface area contributed by atoms with Crippen molar-refractivity contribution >= 4 is 6.08 Å². The maximum absolute atomic E-state index is 6.73. The van der Waals surface area contributed by atoms with E-state index in [1.54, 1.807) is 0 Å². The minimum absolute atomic E-state index is 0.342. The normalized spacial score (nSPS) is 25.0. The van der Waals surface area contributed by atoms with E-state index in [0.717, 1.165) is 12.2 Å². The number of hydrogen-bond acceptors (Lipinski definition) is 1. The summed E-state index contributed by atoms with van der Waals surface area (Å²) in [6, 6.07) is 27.8. The molecule has 0 spiro atoms. The molecule has 1 heterocycles. The van der Waals surface area contributed by atoms with Gasteiger partial charge in [0.05, 0.1) is 0 Å². The number of para-hydroxylation sites is 1. The molecule has 25 heavy (non-hydrogen) atoms. The third kappa shape index (κ3) is 2.02. The Morgan fingerprint density at radius 1 is 0.880 bits per heavy atom. The van der Waals surface area contributed by atoms with Crippen molar-refractivity contribution in [1.82, 2.24) is 0 Å². The highest BCUT2D eigenvalue weighted by atomic mass is 16.5. The van der Waals surface area contributed by atoms with Gasteiger partial charge in [0.25, 0.3) is 0 Å². The zero-order chi connectivity index (χ0) is 16.9. The molecule has 5 rings (SSSR count). The Morgan fingerprint density at radius 3 is 2.36 bits per heavy atom. The van der Waals surface area contributed by atoms with Crippen LogP contribution < -0.4 is 4.74 Å². The molecule has 0 saturated heterocycles. The number of fused-ring (bicyclic) bond motifs is 3. The zero-order valence-electron chi connectivity index (χ0n) is 14.3. The van der Waals surface area contributed by atoms with Gasteiger partial charge in [-0.3, -0.25) is 0 Å². The number of aryl methyl sites for hydroxylation is 1. The van der Waals surface area contributed by atoms with E-state index in [9.17, 15) is 0 Å². The molecule has 3 aromatic rings. The lowest BCUT2D eigenvalue weighted by atomic mass is 9.60. The molecule has 122 valence electrons. The van der Waals surface area contributed by atoms with Gasteiger partial charge in [-0.25, -0.2) is 0 Å². The van der Waals surface area contributed by atoms with Crippen molar-refractivity contribution in [2.75, 3.05) is 0 Å². The summed E-state index contributed by atoms with van der Waals surface area (Å²) in [4.78, 5) is 0. The van der Waals surface area contributed by atoms with E-state index in [-0.39, 0.29) is 5.60 Å². The van der Waals surface area contributed by atoms with Gasteiger partial charge >= 0.3 is 0 Å². The first-order chi connectivity index (χ1) is 12.3. The maximum Gasteiger partial charge on any atom is 0.163 e. The fourth-order valence-corrected chi connectivity index (χ4v) is 4.37. The predicted octanol–water partition coefficient (Wildman–Crippen LogP) is 5.85. The molecule has 0 N–H and O–H groups in total. The monoisotopic (exact) mass is 324 g/mol. The molecular weight excluding hydrogens is 304 g/mol. The second-order valence-electron chi connectivity index (χ2n) is 7.03. The van der Waals surface area contributed by atoms with E-state index < -0.39 is 0 Å². The van der Waals surface area contributed by atoms with Crippen LogP contribution in [0.1, 0.15) is 34.6 Å². The lowest BCUT2D eigenvalue weighted by Gasteiger charge is -2.47. The molecule has 0 aromatic heterocycles. The van der Waals surface area contributed by atoms with Crippen LogP contribution in [0.3, 0.4) is 0 Å². The minimum Gasteiger partial charge on any atom is -0.477 e. The number of hydrogen-bond donors (Lipinski definition) is 0. The van der Waals surface area contributed by atoms with Gasteiger partial charge in [0, 0.05) is 17.0 Å². The van der Waals surface area contributed by atoms with Crippen LogP contribution in [0.5, 0.6) is 5.75 Å². The van der Waals surface area contributed by atoms with Gasteiger partial charge in [0.1, 0.15) is 5.75 Å². The van der Waals surface area contributed by atoms with Gasteiger partial charge in [-0.2, -0.15) is 0 Å². The van der Waals surface area contributed by atoms with E-state index in [2.05, 4.69) is 91.9 Å². The van der Waals surface area contributed by atoms with Gasteiger partial charge < -0.3 is 4.74 Å². The average Bonchev–Trinajstić information content (AvgIpc) is 2.92. The first-order valence-electron chi connectivity index (χ1n) is 8.89. The van der Waals surface area contributed by atoms with Crippen molar-refractivity contribution in [2.24, 2.45) is 0 Å². The SMILES string of the molecule is Cc1cccc2c1O[C@]1(c3ccccc3)C(=Cc3ccccc3)C[C@H]21. The van der Waals surface area contributed by atoms with E-state index in [0.29, 0.717) is 5.92 Å². The molecule has 1 saturated carbocycles. The molecule has 3 aromatic carbocycles. The molecule has 0 bridgehead atoms. The highest BCUT2D eigenvalue weighted by molar-refractivity contribution is 5.67. The summed E-state index contributed by atoms with van der Waals surface area (Å²) in [5.74, 6) is 1.48. The molecule has 0 amide bonds. The van der Waals surface area contributed by atoms with Crippen LogP contribution >= 0.6 is 0 Å². The van der Waals surface area contributed by atoms with E-state index in [4.69, 9.17) is 4.74 Å². The standard InChI is InChI=1S/C24H20O/c1-17-9-8-14-21-22-16-20(15-18-10-4-2-5-11-18)24(22,25-23(17)21)19-12-6-3-7-13-19/h2-15,22H,16H2,1H3/t22-,24-/m1/s1. The average molecular weight is 324 g/mol. The van der Waals surface area contributed by atoms with Crippen LogP contribution in [0.15, 0.2) is 84.4 Å². The van der Waals surface area contributed by atoms with E-state index >= 15 is 0 Å². The summed E-state index contributed by atoms with van der Waals surface area (Å²) < 4.78 is 6.73. The first kappa shape index (κ1) is 14.5. The molecule has 1 heteroatoms. The van der Waals surface area contributed by atoms with Crippen molar-refractivity contribution in [3.63, 3.8) is 0 Å². The topological polar surface area (TPSA) is 9.23 Å². The van der Waals surface area contributed by atoms with Crippen molar-refractivity contribution in [3.8, 4) is 5.75 Å². The highest BCUT2D eigenvalue weighted by Gasteiger charge is 2.60. The summed E-state index contributed by atoms with van der Waals surface area (Å²) >= 11 is 0. The van der Waals surface area contributed by atoms with Crippen molar-refractivity contribution in [1.29, 1.82) is 0 Å². The van der Waals surface area contributed by atoms with Gasteiger partial charge in [0.15, 0.2) is 5.60 Å². The first-order valence-corrected chi connectivity index (χ1v) is 8.89. The number of rotatable bonds is 2. The highest BCUT2D eigenvalue weighted by Crippen LogP contribution is 2.65. The summed E-state index contributed by atoms with van der Waals surface area (Å²) in [6.07, 6.45) is 3.37. The molecule has 1 aliphatic heterocycles. The van der Waals surface area contributed by atoms with Gasteiger partial charge in [-0.1, -0.05) is 84.9 Å². The van der Waals surface area contributed by atoms with E-state index in [1.807, 2.05) is 0 Å². The largest absolute Gasteiger partial charge is 0.477 e. The summed E-state index contributed by atoms with van der Waals surface area (Å²) in [5, 5.41) is 0. The second kappa shape index (κ2) is 5.35. The molecular formula is C24H20O. The Bertz CT molecular complexity index is 956. The Morgan fingerprint density at radius 2 is 1.60 bits per heavy atom. The summed E-state index contributed by atoms with van der Waals surface area (Å²) in [7, 11) is 0. The summed E-state index contributed by atoms with van der Waals surface area (Å²) in [5.41, 5.74) is 6.10. The van der Waals surface area contributed by atoms with Crippen molar-refractivity contribution < 1.29 is 4.74 Å². The molecule has 2 aliphatic rings. The Balaban J connectivity index is 1.68. The quantitative estimate of drug-likeness (QED) is 0.574. The fourth-order valence-electron chi connectivity index (χ4n) is 4.37. The zero-order valence-corrected chi connectivity index (χ0v) is 14.3. The third-order valence-electron chi connectivity index (χ3n) is 5.62. The Labute approximate surface area is 148 Å². The fraction of sp³-hybridized carbons (Fsp3) is 0.167. The van der Waals surface area contributed by atoms with Crippen molar-refractivity contribution in [3.05, 3.63) is 107 Å². The van der Waals surface area contributed by atoms with Crippen LogP contribution in [0.25, 0.3) is 6.08 Å².